The van der Waals surface area contributed by atoms with Crippen LogP contribution in [-0.4, -0.2) is 24.0 Å². The van der Waals surface area contributed by atoms with E-state index in [1.54, 1.807) is 20.8 Å². The van der Waals surface area contributed by atoms with E-state index in [9.17, 15) is 9.59 Å². The Bertz CT molecular complexity index is 729. The molecule has 1 aromatic heterocycles. The largest absolute Gasteiger partial charge is 0.459 e. The molecule has 1 amide bonds. The fourth-order valence-corrected chi connectivity index (χ4v) is 3.03. The molecule has 3 N–H and O–H groups in total. The van der Waals surface area contributed by atoms with E-state index in [1.165, 1.54) is 11.3 Å². The van der Waals surface area contributed by atoms with Gasteiger partial charge in [0, 0.05) is 10.1 Å². The van der Waals surface area contributed by atoms with Gasteiger partial charge in [-0.2, -0.15) is 0 Å². The molecule has 22 heavy (non-hydrogen) atoms. The van der Waals surface area contributed by atoms with Gasteiger partial charge in [0.1, 0.15) is 12.1 Å². The highest BCUT2D eigenvalue weighted by atomic mass is 32.1. The molecule has 0 bridgehead atoms. The van der Waals surface area contributed by atoms with Crippen molar-refractivity contribution in [3.63, 3.8) is 0 Å². The van der Waals surface area contributed by atoms with Crippen LogP contribution in [0, 0.1) is 6.92 Å². The van der Waals surface area contributed by atoms with Crippen molar-refractivity contribution in [3.05, 3.63) is 29.3 Å². The molecule has 0 aliphatic heterocycles. The molecule has 0 fully saturated rings. The maximum absolute atomic E-state index is 12.3. The van der Waals surface area contributed by atoms with Crippen LogP contribution in [0.3, 0.4) is 0 Å². The molecule has 0 spiro atoms. The van der Waals surface area contributed by atoms with Gasteiger partial charge in [0.15, 0.2) is 0 Å². The lowest BCUT2D eigenvalue weighted by Crippen LogP contribution is -2.34. The van der Waals surface area contributed by atoms with Gasteiger partial charge >= 0.3 is 5.97 Å². The summed E-state index contributed by atoms with van der Waals surface area (Å²) in [4.78, 5) is 24.0. The van der Waals surface area contributed by atoms with Crippen LogP contribution >= 0.6 is 11.3 Å². The monoisotopic (exact) mass is 320 g/mol. The Hall–Kier alpha value is -2.08. The van der Waals surface area contributed by atoms with Gasteiger partial charge in [0.2, 0.25) is 0 Å². The Morgan fingerprint density at radius 2 is 2.00 bits per heavy atom. The summed E-state index contributed by atoms with van der Waals surface area (Å²) in [5.74, 6) is -0.838. The van der Waals surface area contributed by atoms with Gasteiger partial charge in [-0.15, -0.1) is 11.3 Å². The van der Waals surface area contributed by atoms with Crippen molar-refractivity contribution < 1.29 is 14.3 Å². The molecule has 118 valence electrons. The topological polar surface area (TPSA) is 81.4 Å². The number of ether oxygens (including phenoxy) is 1. The molecule has 0 unspecified atom stereocenters. The molecule has 1 heterocycles. The Labute approximate surface area is 133 Å². The van der Waals surface area contributed by atoms with Crippen LogP contribution < -0.4 is 11.1 Å². The second kappa shape index (κ2) is 5.96. The summed E-state index contributed by atoms with van der Waals surface area (Å²) >= 11 is 1.36. The molecule has 0 radical (unpaired) electrons. The molecule has 0 saturated carbocycles. The predicted molar refractivity (Wildman–Crippen MR) is 89.2 cm³/mol. The number of nitrogens with one attached hydrogen (secondary N) is 1. The summed E-state index contributed by atoms with van der Waals surface area (Å²) in [7, 11) is 0. The van der Waals surface area contributed by atoms with Crippen LogP contribution in [0.15, 0.2) is 18.2 Å². The summed E-state index contributed by atoms with van der Waals surface area (Å²) in [6.07, 6.45) is 0. The Morgan fingerprint density at radius 3 is 2.64 bits per heavy atom. The molecule has 0 saturated heterocycles. The number of aryl methyl sites for hydroxylation is 1. The number of nitrogens with two attached hydrogens (primary N) is 1. The van der Waals surface area contributed by atoms with Gasteiger partial charge in [-0.05, 0) is 39.8 Å². The molecule has 2 rings (SSSR count). The SMILES string of the molecule is Cc1ccc2sc(N)c(C(=O)NCC(=O)OC(C)(C)C)c2c1. The van der Waals surface area contributed by atoms with Crippen LogP contribution in [0.1, 0.15) is 36.7 Å². The molecule has 5 nitrogen and oxygen atoms in total. The number of anilines is 1. The van der Waals surface area contributed by atoms with E-state index in [-0.39, 0.29) is 12.5 Å². The number of fused-ring (bicyclic) bond motifs is 1. The first-order valence-corrected chi connectivity index (χ1v) is 7.78. The fraction of sp³-hybridized carbons (Fsp3) is 0.375. The lowest BCUT2D eigenvalue weighted by molar-refractivity contribution is -0.153. The molecule has 0 aliphatic rings. The molecular weight excluding hydrogens is 300 g/mol. The Balaban J connectivity index is 2.15. The average molecular weight is 320 g/mol. The maximum atomic E-state index is 12.3. The second-order valence-corrected chi connectivity index (χ2v) is 7.19. The molecule has 0 aliphatic carbocycles. The van der Waals surface area contributed by atoms with Crippen molar-refractivity contribution >= 4 is 38.3 Å². The van der Waals surface area contributed by atoms with E-state index >= 15 is 0 Å². The van der Waals surface area contributed by atoms with E-state index in [1.807, 2.05) is 25.1 Å². The summed E-state index contributed by atoms with van der Waals surface area (Å²) in [5, 5.41) is 3.83. The predicted octanol–water partition coefficient (Wildman–Crippen LogP) is 2.86. The minimum atomic E-state index is -0.576. The normalized spacial score (nSPS) is 11.5. The molecule has 0 atom stereocenters. The summed E-state index contributed by atoms with van der Waals surface area (Å²) in [6, 6.07) is 5.83. The van der Waals surface area contributed by atoms with E-state index in [2.05, 4.69) is 5.32 Å². The number of hydrogen-bond donors (Lipinski definition) is 2. The number of benzene rings is 1. The van der Waals surface area contributed by atoms with Crippen LogP contribution in [0.5, 0.6) is 0 Å². The van der Waals surface area contributed by atoms with E-state index < -0.39 is 11.6 Å². The van der Waals surface area contributed by atoms with E-state index in [0.29, 0.717) is 10.6 Å². The summed E-state index contributed by atoms with van der Waals surface area (Å²) in [5.41, 5.74) is 6.85. The Morgan fingerprint density at radius 1 is 1.32 bits per heavy atom. The Kier molecular flexibility index (Phi) is 4.42. The van der Waals surface area contributed by atoms with Gasteiger partial charge in [-0.3, -0.25) is 9.59 Å². The van der Waals surface area contributed by atoms with Crippen LogP contribution in [0.2, 0.25) is 0 Å². The average Bonchev–Trinajstić information content (AvgIpc) is 2.69. The van der Waals surface area contributed by atoms with Crippen molar-refractivity contribution in [2.24, 2.45) is 0 Å². The van der Waals surface area contributed by atoms with Crippen LogP contribution in [-0.2, 0) is 9.53 Å². The lowest BCUT2D eigenvalue weighted by Gasteiger charge is -2.19. The number of hydrogen-bond acceptors (Lipinski definition) is 5. The number of nitrogen functional groups attached to an aromatic ring is 1. The highest BCUT2D eigenvalue weighted by molar-refractivity contribution is 7.23. The molecule has 6 heteroatoms. The minimum absolute atomic E-state index is 0.182. The molecule has 1 aromatic carbocycles. The number of esters is 1. The third kappa shape index (κ3) is 3.76. The zero-order valence-electron chi connectivity index (χ0n) is 13.1. The first-order valence-electron chi connectivity index (χ1n) is 6.96. The molecule has 2 aromatic rings. The van der Waals surface area contributed by atoms with Crippen molar-refractivity contribution in [2.75, 3.05) is 12.3 Å². The quantitative estimate of drug-likeness (QED) is 0.852. The number of rotatable bonds is 3. The van der Waals surface area contributed by atoms with Gasteiger partial charge in [-0.25, -0.2) is 0 Å². The maximum Gasteiger partial charge on any atom is 0.325 e. The number of amides is 1. The van der Waals surface area contributed by atoms with Crippen molar-refractivity contribution in [3.8, 4) is 0 Å². The number of thiophene rings is 1. The zero-order chi connectivity index (χ0) is 16.5. The van der Waals surface area contributed by atoms with Crippen molar-refractivity contribution in [1.82, 2.24) is 5.32 Å². The van der Waals surface area contributed by atoms with Gasteiger partial charge in [0.25, 0.3) is 5.91 Å². The first-order chi connectivity index (χ1) is 10.2. The second-order valence-electron chi connectivity index (χ2n) is 6.11. The first kappa shape index (κ1) is 16.3. The summed E-state index contributed by atoms with van der Waals surface area (Å²) in [6.45, 7) is 7.11. The third-order valence-corrected chi connectivity index (χ3v) is 3.91. The fourth-order valence-electron chi connectivity index (χ4n) is 2.08. The van der Waals surface area contributed by atoms with Gasteiger partial charge in [0.05, 0.1) is 10.6 Å². The van der Waals surface area contributed by atoms with Gasteiger partial charge < -0.3 is 15.8 Å². The summed E-state index contributed by atoms with van der Waals surface area (Å²) < 4.78 is 6.11. The van der Waals surface area contributed by atoms with Crippen molar-refractivity contribution in [1.29, 1.82) is 0 Å². The smallest absolute Gasteiger partial charge is 0.325 e. The van der Waals surface area contributed by atoms with Crippen LogP contribution in [0.25, 0.3) is 10.1 Å². The standard InChI is InChI=1S/C16H20N2O3S/c1-9-5-6-11-10(7-9)13(14(17)22-11)15(20)18-8-12(19)21-16(2,3)4/h5-7H,8,17H2,1-4H3,(H,18,20). The van der Waals surface area contributed by atoms with E-state index in [4.69, 9.17) is 10.5 Å². The highest BCUT2D eigenvalue weighted by Crippen LogP contribution is 2.33. The molecular formula is C16H20N2O3S. The number of carbonyl (C=O) groups is 2. The zero-order valence-corrected chi connectivity index (χ0v) is 14.0. The van der Waals surface area contributed by atoms with Crippen LogP contribution in [0.4, 0.5) is 5.00 Å². The lowest BCUT2D eigenvalue weighted by atomic mass is 10.1. The minimum Gasteiger partial charge on any atom is -0.459 e. The van der Waals surface area contributed by atoms with Gasteiger partial charge in [-0.1, -0.05) is 11.6 Å². The number of carbonyl (C=O) groups excluding carboxylic acids is 2. The highest BCUT2D eigenvalue weighted by Gasteiger charge is 2.20. The van der Waals surface area contributed by atoms with E-state index in [0.717, 1.165) is 15.6 Å². The van der Waals surface area contributed by atoms with Crippen molar-refractivity contribution in [2.45, 2.75) is 33.3 Å². The third-order valence-electron chi connectivity index (χ3n) is 2.91.